The van der Waals surface area contributed by atoms with E-state index < -0.39 is 0 Å². The van der Waals surface area contributed by atoms with Gasteiger partial charge in [0.05, 0.1) is 6.42 Å². The van der Waals surface area contributed by atoms with Crippen LogP contribution in [0.3, 0.4) is 0 Å². The smallest absolute Gasteiger partial charge is 0.230 e. The Kier molecular flexibility index (Phi) is 4.49. The molecule has 0 aliphatic rings. The molecular weight excluding hydrogens is 345 g/mol. The summed E-state index contributed by atoms with van der Waals surface area (Å²) in [6.45, 7) is 0. The Morgan fingerprint density at radius 3 is 2.63 bits per heavy atom. The molecule has 0 fully saturated rings. The third-order valence-electron chi connectivity index (χ3n) is 4.05. The van der Waals surface area contributed by atoms with Crippen molar-refractivity contribution in [3.05, 3.63) is 78.2 Å². The van der Waals surface area contributed by atoms with Crippen LogP contribution in [0.2, 0.25) is 0 Å². The van der Waals surface area contributed by atoms with E-state index in [0.29, 0.717) is 17.3 Å². The van der Waals surface area contributed by atoms with Crippen molar-refractivity contribution in [3.8, 4) is 0 Å². The third kappa shape index (κ3) is 3.92. The first-order chi connectivity index (χ1) is 13.2. The number of amides is 1. The van der Waals surface area contributed by atoms with E-state index in [4.69, 9.17) is 0 Å². The van der Waals surface area contributed by atoms with E-state index in [0.717, 1.165) is 16.5 Å². The highest BCUT2D eigenvalue weighted by molar-refractivity contribution is 5.95. The van der Waals surface area contributed by atoms with Gasteiger partial charge in [0.15, 0.2) is 11.6 Å². The number of fused-ring (bicyclic) bond motifs is 1. The first kappa shape index (κ1) is 16.7. The van der Waals surface area contributed by atoms with Crippen molar-refractivity contribution in [1.29, 1.82) is 0 Å². The Hall–Kier alpha value is -3.74. The number of nitrogens with zero attached hydrogens (tertiary/aromatic N) is 2. The van der Waals surface area contributed by atoms with Crippen LogP contribution >= 0.6 is 0 Å². The summed E-state index contributed by atoms with van der Waals surface area (Å²) in [5.41, 5.74) is 2.48. The Bertz CT molecular complexity index is 1090. The van der Waals surface area contributed by atoms with Crippen molar-refractivity contribution in [1.82, 2.24) is 15.2 Å². The summed E-state index contributed by atoms with van der Waals surface area (Å²) < 4.78 is 13.2. The summed E-state index contributed by atoms with van der Waals surface area (Å²) in [6, 6.07) is 17.2. The minimum Gasteiger partial charge on any atom is -0.361 e. The van der Waals surface area contributed by atoms with E-state index in [1.165, 1.54) is 12.1 Å². The summed E-state index contributed by atoms with van der Waals surface area (Å²) in [6.07, 6.45) is 2.07. The maximum absolute atomic E-state index is 13.2. The van der Waals surface area contributed by atoms with E-state index in [9.17, 15) is 9.18 Å². The highest BCUT2D eigenvalue weighted by Crippen LogP contribution is 2.19. The monoisotopic (exact) mass is 361 g/mol. The van der Waals surface area contributed by atoms with Gasteiger partial charge in [0.1, 0.15) is 5.82 Å². The number of hydrogen-bond donors (Lipinski definition) is 3. The van der Waals surface area contributed by atoms with Crippen LogP contribution in [0.1, 0.15) is 5.56 Å². The number of carbonyl (C=O) groups is 1. The van der Waals surface area contributed by atoms with Gasteiger partial charge < -0.3 is 15.6 Å². The van der Waals surface area contributed by atoms with Gasteiger partial charge in [-0.25, -0.2) is 4.39 Å². The second kappa shape index (κ2) is 7.25. The molecule has 0 bridgehead atoms. The zero-order valence-corrected chi connectivity index (χ0v) is 14.2. The Balaban J connectivity index is 1.40. The number of nitrogens with one attached hydrogen (secondary N) is 3. The Labute approximate surface area is 154 Å². The number of para-hydroxylation sites is 1. The normalized spacial score (nSPS) is 10.7. The van der Waals surface area contributed by atoms with Gasteiger partial charge in [-0.05, 0) is 42.0 Å². The molecule has 2 aromatic carbocycles. The van der Waals surface area contributed by atoms with Gasteiger partial charge in [0.2, 0.25) is 5.91 Å². The van der Waals surface area contributed by atoms with E-state index in [-0.39, 0.29) is 18.1 Å². The zero-order valence-electron chi connectivity index (χ0n) is 14.2. The van der Waals surface area contributed by atoms with Crippen LogP contribution < -0.4 is 10.6 Å². The van der Waals surface area contributed by atoms with Crippen LogP contribution in [0.15, 0.2) is 66.9 Å². The molecule has 0 unspecified atom stereocenters. The summed E-state index contributed by atoms with van der Waals surface area (Å²) in [7, 11) is 0. The zero-order chi connectivity index (χ0) is 18.6. The number of halogens is 1. The number of aromatic nitrogens is 3. The first-order valence-electron chi connectivity index (χ1n) is 8.38. The van der Waals surface area contributed by atoms with Crippen LogP contribution in [0.4, 0.5) is 21.7 Å². The number of rotatable bonds is 5. The predicted octanol–water partition coefficient (Wildman–Crippen LogP) is 4.02. The molecule has 4 aromatic rings. The molecule has 0 aliphatic heterocycles. The van der Waals surface area contributed by atoms with Gasteiger partial charge >= 0.3 is 0 Å². The number of aromatic amines is 1. The lowest BCUT2D eigenvalue weighted by molar-refractivity contribution is -0.115. The van der Waals surface area contributed by atoms with Gasteiger partial charge in [-0.1, -0.05) is 24.3 Å². The topological polar surface area (TPSA) is 82.7 Å². The number of H-pyrrole nitrogens is 1. The lowest BCUT2D eigenvalue weighted by atomic mass is 10.1. The molecule has 0 saturated carbocycles. The standard InChI is InChI=1S/C20H16FN5O/c21-14-4-3-5-15(11-14)23-18-8-9-19(26-25-18)24-20(27)10-13-12-22-17-7-2-1-6-16(13)17/h1-9,11-12,22H,10H2,(H,23,25)(H,24,26,27). The molecule has 3 N–H and O–H groups in total. The molecule has 0 atom stereocenters. The fraction of sp³-hybridized carbons (Fsp3) is 0.0500. The minimum atomic E-state index is -0.339. The van der Waals surface area contributed by atoms with Gasteiger partial charge in [0, 0.05) is 22.8 Å². The van der Waals surface area contributed by atoms with Crippen LogP contribution in [-0.4, -0.2) is 21.1 Å². The van der Waals surface area contributed by atoms with Crippen molar-refractivity contribution in [2.75, 3.05) is 10.6 Å². The molecule has 6 nitrogen and oxygen atoms in total. The van der Waals surface area contributed by atoms with E-state index in [1.807, 2.05) is 30.5 Å². The average molecular weight is 361 g/mol. The fourth-order valence-corrected chi connectivity index (χ4v) is 2.82. The largest absolute Gasteiger partial charge is 0.361 e. The van der Waals surface area contributed by atoms with E-state index >= 15 is 0 Å². The van der Waals surface area contributed by atoms with Crippen LogP contribution in [-0.2, 0) is 11.2 Å². The van der Waals surface area contributed by atoms with Crippen molar-refractivity contribution < 1.29 is 9.18 Å². The van der Waals surface area contributed by atoms with Gasteiger partial charge in [0.25, 0.3) is 0 Å². The second-order valence-corrected chi connectivity index (χ2v) is 6.02. The maximum atomic E-state index is 13.2. The molecule has 7 heteroatoms. The molecule has 27 heavy (non-hydrogen) atoms. The SMILES string of the molecule is O=C(Cc1c[nH]c2ccccc12)Nc1ccc(Nc2cccc(F)c2)nn1. The molecule has 0 aliphatic carbocycles. The molecule has 0 spiro atoms. The lowest BCUT2D eigenvalue weighted by Gasteiger charge is -2.07. The lowest BCUT2D eigenvalue weighted by Crippen LogP contribution is -2.15. The third-order valence-corrected chi connectivity index (χ3v) is 4.05. The van der Waals surface area contributed by atoms with E-state index in [1.54, 1.807) is 24.3 Å². The second-order valence-electron chi connectivity index (χ2n) is 6.02. The van der Waals surface area contributed by atoms with Gasteiger partial charge in [-0.2, -0.15) is 0 Å². The Morgan fingerprint density at radius 2 is 1.81 bits per heavy atom. The van der Waals surface area contributed by atoms with Crippen LogP contribution in [0, 0.1) is 5.82 Å². The number of anilines is 3. The summed E-state index contributed by atoms with van der Waals surface area (Å²) in [5, 5.41) is 14.7. The molecular formula is C20H16FN5O. The highest BCUT2D eigenvalue weighted by atomic mass is 19.1. The summed E-state index contributed by atoms with van der Waals surface area (Å²) in [5.74, 6) is 0.286. The number of benzene rings is 2. The predicted molar refractivity (Wildman–Crippen MR) is 102 cm³/mol. The first-order valence-corrected chi connectivity index (χ1v) is 8.38. The number of carbonyl (C=O) groups excluding carboxylic acids is 1. The summed E-state index contributed by atoms with van der Waals surface area (Å²) in [4.78, 5) is 15.4. The fourth-order valence-electron chi connectivity index (χ4n) is 2.82. The molecule has 4 rings (SSSR count). The molecule has 2 heterocycles. The summed E-state index contributed by atoms with van der Waals surface area (Å²) >= 11 is 0. The average Bonchev–Trinajstić information content (AvgIpc) is 3.06. The van der Waals surface area contributed by atoms with Gasteiger partial charge in [-0.15, -0.1) is 10.2 Å². The van der Waals surface area contributed by atoms with Gasteiger partial charge in [-0.3, -0.25) is 4.79 Å². The molecule has 134 valence electrons. The van der Waals surface area contributed by atoms with E-state index in [2.05, 4.69) is 25.8 Å². The van der Waals surface area contributed by atoms with Crippen molar-refractivity contribution >= 4 is 34.1 Å². The van der Waals surface area contributed by atoms with Crippen molar-refractivity contribution in [3.63, 3.8) is 0 Å². The van der Waals surface area contributed by atoms with Crippen LogP contribution in [0.5, 0.6) is 0 Å². The van der Waals surface area contributed by atoms with Crippen molar-refractivity contribution in [2.24, 2.45) is 0 Å². The minimum absolute atomic E-state index is 0.181. The number of hydrogen-bond acceptors (Lipinski definition) is 4. The van der Waals surface area contributed by atoms with Crippen LogP contribution in [0.25, 0.3) is 10.9 Å². The Morgan fingerprint density at radius 1 is 1.00 bits per heavy atom. The van der Waals surface area contributed by atoms with Crippen molar-refractivity contribution in [2.45, 2.75) is 6.42 Å². The molecule has 2 aromatic heterocycles. The molecule has 0 saturated heterocycles. The highest BCUT2D eigenvalue weighted by Gasteiger charge is 2.10. The molecule has 1 amide bonds. The quantitative estimate of drug-likeness (QED) is 0.501. The molecule has 0 radical (unpaired) electrons. The maximum Gasteiger partial charge on any atom is 0.230 e.